The van der Waals surface area contributed by atoms with E-state index in [1.165, 1.54) is 36.9 Å². The van der Waals surface area contributed by atoms with Crippen LogP contribution in [0.3, 0.4) is 0 Å². The first-order chi connectivity index (χ1) is 12.8. The third kappa shape index (κ3) is 4.27. The summed E-state index contributed by atoms with van der Waals surface area (Å²) in [5.41, 5.74) is 3.26. The molecular weight excluding hydrogens is 336 g/mol. The molecule has 150 valence electrons. The van der Waals surface area contributed by atoms with Crippen molar-refractivity contribution in [3.8, 4) is 11.5 Å². The van der Waals surface area contributed by atoms with Crippen molar-refractivity contribution >= 4 is 0 Å². The highest BCUT2D eigenvalue weighted by molar-refractivity contribution is 5.49. The van der Waals surface area contributed by atoms with Crippen LogP contribution in [-0.4, -0.2) is 56.2 Å². The molecule has 0 N–H and O–H groups in total. The summed E-state index contributed by atoms with van der Waals surface area (Å²) in [5.74, 6) is 2.59. The molecule has 0 spiro atoms. The number of benzene rings is 1. The van der Waals surface area contributed by atoms with Crippen LogP contribution in [0.1, 0.15) is 57.2 Å². The van der Waals surface area contributed by atoms with Gasteiger partial charge in [0.15, 0.2) is 11.5 Å². The predicted octanol–water partition coefficient (Wildman–Crippen LogP) is 4.13. The number of hydrogen-bond donors (Lipinski definition) is 0. The normalized spacial score (nSPS) is 26.4. The molecule has 2 aliphatic heterocycles. The summed E-state index contributed by atoms with van der Waals surface area (Å²) in [6, 6.07) is 5.63. The van der Waals surface area contributed by atoms with Gasteiger partial charge in [0, 0.05) is 31.7 Å². The predicted molar refractivity (Wildman–Crippen MR) is 110 cm³/mol. The third-order valence-electron chi connectivity index (χ3n) is 6.44. The Morgan fingerprint density at radius 3 is 2.56 bits per heavy atom. The Labute approximate surface area is 164 Å². The van der Waals surface area contributed by atoms with Crippen molar-refractivity contribution in [2.45, 2.75) is 58.5 Å². The van der Waals surface area contributed by atoms with Crippen molar-refractivity contribution < 1.29 is 9.47 Å². The van der Waals surface area contributed by atoms with Crippen LogP contribution >= 0.6 is 0 Å². The Hall–Kier alpha value is -1.26. The van der Waals surface area contributed by atoms with Crippen LogP contribution in [0.2, 0.25) is 0 Å². The Morgan fingerprint density at radius 2 is 1.89 bits per heavy atom. The van der Waals surface area contributed by atoms with Crippen LogP contribution in [0, 0.1) is 11.3 Å². The molecule has 1 saturated carbocycles. The van der Waals surface area contributed by atoms with Gasteiger partial charge in [0.2, 0.25) is 0 Å². The number of hydrogen-bond acceptors (Lipinski definition) is 4. The first-order valence-electron chi connectivity index (χ1n) is 10.6. The number of fused-ring (bicyclic) bond motifs is 3. The number of likely N-dealkylation sites (N-methyl/N-ethyl adjacent to an activating group) is 1. The van der Waals surface area contributed by atoms with Crippen molar-refractivity contribution in [1.29, 1.82) is 0 Å². The zero-order chi connectivity index (χ0) is 19.2. The van der Waals surface area contributed by atoms with E-state index in [0.717, 1.165) is 43.5 Å². The van der Waals surface area contributed by atoms with Gasteiger partial charge in [-0.1, -0.05) is 20.8 Å². The topological polar surface area (TPSA) is 24.9 Å². The van der Waals surface area contributed by atoms with Crippen molar-refractivity contribution in [3.63, 3.8) is 0 Å². The van der Waals surface area contributed by atoms with Gasteiger partial charge in [-0.25, -0.2) is 0 Å². The highest BCUT2D eigenvalue weighted by Gasteiger charge is 2.38. The molecule has 1 aromatic carbocycles. The molecular formula is C23H36N2O2. The molecule has 1 aromatic rings. The second kappa shape index (κ2) is 7.29. The maximum atomic E-state index is 6.10. The van der Waals surface area contributed by atoms with Crippen molar-refractivity contribution in [1.82, 2.24) is 9.80 Å². The van der Waals surface area contributed by atoms with E-state index in [4.69, 9.17) is 9.47 Å². The molecule has 0 radical (unpaired) electrons. The van der Waals surface area contributed by atoms with Gasteiger partial charge in [-0.2, -0.15) is 0 Å². The third-order valence-corrected chi connectivity index (χ3v) is 6.44. The molecule has 27 heavy (non-hydrogen) atoms. The number of methoxy groups -OCH3 is 1. The van der Waals surface area contributed by atoms with Gasteiger partial charge in [-0.15, -0.1) is 0 Å². The van der Waals surface area contributed by atoms with Gasteiger partial charge in [0.1, 0.15) is 0 Å². The minimum Gasteiger partial charge on any atom is -0.493 e. The molecule has 2 heterocycles. The summed E-state index contributed by atoms with van der Waals surface area (Å²) in [7, 11) is 4.06. The van der Waals surface area contributed by atoms with Crippen molar-refractivity contribution in [3.05, 3.63) is 23.3 Å². The Bertz CT molecular complexity index is 678. The lowest BCUT2D eigenvalue weighted by Crippen LogP contribution is -2.55. The summed E-state index contributed by atoms with van der Waals surface area (Å²) < 4.78 is 11.8. The quantitative estimate of drug-likeness (QED) is 0.776. The first kappa shape index (κ1) is 19.1. The fraction of sp³-hybridized carbons (Fsp3) is 0.739. The Balaban J connectivity index is 1.54. The summed E-state index contributed by atoms with van der Waals surface area (Å²) in [6.07, 6.45) is 4.98. The standard InChI is InChI=1S/C23H36N2O2/c1-23(2,3)12-18-13-25-9-8-17-10-22(27-15-16-6-7-16)21(26-5)11-19(17)20(25)14-24(18)4/h10-11,16,18,20H,6-9,12-15H2,1-5H3/t18-,20?/m1/s1. The van der Waals surface area contributed by atoms with Gasteiger partial charge in [-0.3, -0.25) is 4.90 Å². The van der Waals surface area contributed by atoms with Crippen molar-refractivity contribution in [2.75, 3.05) is 40.4 Å². The van der Waals surface area contributed by atoms with E-state index < -0.39 is 0 Å². The van der Waals surface area contributed by atoms with Gasteiger partial charge in [0.25, 0.3) is 0 Å². The summed E-state index contributed by atoms with van der Waals surface area (Å²) in [5, 5.41) is 0. The van der Waals surface area contributed by atoms with E-state index in [-0.39, 0.29) is 0 Å². The molecule has 1 unspecified atom stereocenters. The molecule has 3 aliphatic rings. The van der Waals surface area contributed by atoms with Gasteiger partial charge in [0.05, 0.1) is 13.7 Å². The lowest BCUT2D eigenvalue weighted by Gasteiger charge is -2.49. The molecule has 2 fully saturated rings. The molecule has 4 heteroatoms. The fourth-order valence-electron chi connectivity index (χ4n) is 4.72. The van der Waals surface area contributed by atoms with Crippen LogP contribution in [0.4, 0.5) is 0 Å². The SMILES string of the molecule is COc1cc2c(cc1OCC1CC1)CCN1C[C@@H](CC(C)(C)C)N(C)CC21. The average molecular weight is 373 g/mol. The Kier molecular flexibility index (Phi) is 5.15. The van der Waals surface area contributed by atoms with Crippen LogP contribution in [0.25, 0.3) is 0 Å². The minimum atomic E-state index is 0.372. The fourth-order valence-corrected chi connectivity index (χ4v) is 4.72. The van der Waals surface area contributed by atoms with Crippen molar-refractivity contribution in [2.24, 2.45) is 11.3 Å². The maximum absolute atomic E-state index is 6.10. The van der Waals surface area contributed by atoms with E-state index in [9.17, 15) is 0 Å². The number of piperazine rings is 1. The van der Waals surface area contributed by atoms with E-state index in [1.54, 1.807) is 7.11 Å². The lowest BCUT2D eigenvalue weighted by atomic mass is 9.84. The maximum Gasteiger partial charge on any atom is 0.161 e. The molecule has 4 nitrogen and oxygen atoms in total. The zero-order valence-corrected chi connectivity index (χ0v) is 17.8. The second-order valence-corrected chi connectivity index (χ2v) is 10.1. The van der Waals surface area contributed by atoms with E-state index in [2.05, 4.69) is 49.8 Å². The number of nitrogens with zero attached hydrogens (tertiary/aromatic N) is 2. The highest BCUT2D eigenvalue weighted by atomic mass is 16.5. The Morgan fingerprint density at radius 1 is 1.11 bits per heavy atom. The average Bonchev–Trinajstić information content (AvgIpc) is 3.43. The largest absolute Gasteiger partial charge is 0.493 e. The first-order valence-corrected chi connectivity index (χ1v) is 10.6. The van der Waals surface area contributed by atoms with Gasteiger partial charge < -0.3 is 14.4 Å². The number of rotatable bonds is 5. The van der Waals surface area contributed by atoms with Crippen LogP contribution in [0.15, 0.2) is 12.1 Å². The summed E-state index contributed by atoms with van der Waals surface area (Å²) in [4.78, 5) is 5.27. The zero-order valence-electron chi connectivity index (χ0n) is 17.8. The van der Waals surface area contributed by atoms with Crippen LogP contribution in [0.5, 0.6) is 11.5 Å². The second-order valence-electron chi connectivity index (χ2n) is 10.1. The molecule has 0 bridgehead atoms. The smallest absolute Gasteiger partial charge is 0.161 e. The molecule has 0 aromatic heterocycles. The van der Waals surface area contributed by atoms with E-state index in [1.807, 2.05) is 0 Å². The van der Waals surface area contributed by atoms with E-state index in [0.29, 0.717) is 17.5 Å². The van der Waals surface area contributed by atoms with E-state index >= 15 is 0 Å². The molecule has 2 atom stereocenters. The van der Waals surface area contributed by atoms with Gasteiger partial charge in [-0.05, 0) is 67.3 Å². The molecule has 0 amide bonds. The highest BCUT2D eigenvalue weighted by Crippen LogP contribution is 2.41. The van der Waals surface area contributed by atoms with Gasteiger partial charge >= 0.3 is 0 Å². The lowest BCUT2D eigenvalue weighted by molar-refractivity contribution is 0.0213. The summed E-state index contributed by atoms with van der Waals surface area (Å²) >= 11 is 0. The summed E-state index contributed by atoms with van der Waals surface area (Å²) in [6.45, 7) is 11.3. The van der Waals surface area contributed by atoms with Crippen LogP contribution < -0.4 is 9.47 Å². The van der Waals surface area contributed by atoms with Crippen LogP contribution in [-0.2, 0) is 6.42 Å². The molecule has 4 rings (SSSR count). The minimum absolute atomic E-state index is 0.372. The monoisotopic (exact) mass is 372 g/mol. The molecule has 1 saturated heterocycles. The number of ether oxygens (including phenoxy) is 2. The molecule has 1 aliphatic carbocycles.